The number of benzene rings is 8. The molecule has 652 valence electrons. The number of amides is 2. The van der Waals surface area contributed by atoms with Crippen molar-refractivity contribution >= 4 is 95.9 Å². The highest BCUT2D eigenvalue weighted by Crippen LogP contribution is 2.38. The number of nitrogens with zero attached hydrogens (tertiary/aromatic N) is 9. The molecule has 0 unspecified atom stereocenters. The zero-order valence-electron chi connectivity index (χ0n) is 72.1. The lowest BCUT2D eigenvalue weighted by atomic mass is 10.1. The van der Waals surface area contributed by atoms with E-state index in [1.807, 2.05) is 88.7 Å². The Labute approximate surface area is 751 Å². The van der Waals surface area contributed by atoms with Crippen molar-refractivity contribution in [2.24, 2.45) is 21.1 Å². The summed E-state index contributed by atoms with van der Waals surface area (Å²) in [5, 5.41) is 6.98. The second-order valence-electron chi connectivity index (χ2n) is 33.8. The molecule has 0 spiro atoms. The van der Waals surface area contributed by atoms with Crippen molar-refractivity contribution < 1.29 is 32.6 Å². The molecule has 0 saturated carbocycles. The molecular weight excluding hydrogens is 1660 g/mol. The fourth-order valence-electron chi connectivity index (χ4n) is 18.9. The van der Waals surface area contributed by atoms with Gasteiger partial charge in [-0.1, -0.05) is 127 Å². The molecule has 18 nitrogen and oxygen atoms in total. The first-order valence-electron chi connectivity index (χ1n) is 44.2. The Hall–Kier alpha value is -12.2. The van der Waals surface area contributed by atoms with Crippen LogP contribution in [0.2, 0.25) is 15.1 Å². The summed E-state index contributed by atoms with van der Waals surface area (Å²) in [5.74, 6) is 0.395. The average molecular weight is 1770 g/mol. The maximum Gasteiger partial charge on any atom is 0.258 e. The molecule has 1 N–H and O–H groups in total. The number of piperazine rings is 1. The van der Waals surface area contributed by atoms with Gasteiger partial charge in [0, 0.05) is 192 Å². The lowest BCUT2D eigenvalue weighted by Crippen LogP contribution is -2.50. The number of aromatic nitrogens is 7. The summed E-state index contributed by atoms with van der Waals surface area (Å²) >= 11 is 18.1. The number of rotatable bonds is 16. The Balaban J connectivity index is 0.000000119. The van der Waals surface area contributed by atoms with Crippen LogP contribution in [0.1, 0.15) is 132 Å². The molecule has 1 fully saturated rings. The van der Waals surface area contributed by atoms with E-state index in [1.54, 1.807) is 63.5 Å². The average Bonchev–Trinajstić information content (AvgIpc) is 1.63. The number of carbonyl (C=O) groups excluding carboxylic acids is 2. The van der Waals surface area contributed by atoms with E-state index < -0.39 is 11.6 Å². The van der Waals surface area contributed by atoms with Crippen LogP contribution in [-0.2, 0) is 108 Å². The number of aromatic amines is 1. The second-order valence-corrected chi connectivity index (χ2v) is 35.1. The van der Waals surface area contributed by atoms with Crippen molar-refractivity contribution in [1.29, 1.82) is 0 Å². The highest BCUT2D eigenvalue weighted by Gasteiger charge is 2.28. The quantitative estimate of drug-likeness (QED) is 0.0926. The zero-order chi connectivity index (χ0) is 87.9. The van der Waals surface area contributed by atoms with Crippen LogP contribution in [0.3, 0.4) is 0 Å². The molecule has 0 radical (unpaired) electrons. The molecule has 15 aromatic rings. The number of carbonyl (C=O) groups is 2. The number of nitrogens with one attached hydrogen (secondary N) is 1. The standard InChI is InChI=1S/C26H24Cl2N2O2.C26H30ClN3O.C26H24F2N2O2.C26H25N3O3/c1-29-24-6-4-2-3-5-21(24)22-10-9-19(14-25(22)29)30-12-11-20(15-26(30)31)32-16-17-7-8-18(27)13-23(17)28;1-28-24-6-4-2-3-5-22(24)23-12-11-21(17-25(23)28)30-16-15-29(18-26(30)31)14-13-19-7-9-20(27)10-8-19;1-29-24-6-4-2-3-5-21(24)22-10-9-19(14-25(22)29)30-12-11-20(15-26(30)31)32-16-17-7-8-18(27)13-23(17)28;1-18(30)28-12-10-23-22-8-7-20(15-25(22)27-24(23)11-13-28)29-14-9-21(16-26(29)31)32-17-19-5-3-2-4-6-19/h7-15H,2-6,16H2,1H3;7-12,17H,2-6,13-16,18H2,1H3;7-15H,2-6,16H2,1H3;2-9,14-16,27H,10-13,17H2,1H3. The largest absolute Gasteiger partial charge is 0.489 e. The third kappa shape index (κ3) is 19.5. The summed E-state index contributed by atoms with van der Waals surface area (Å²) in [5.41, 5.74) is 22.1. The van der Waals surface area contributed by atoms with Crippen LogP contribution in [0, 0.1) is 11.6 Å². The first kappa shape index (κ1) is 86.9. The predicted molar refractivity (Wildman–Crippen MR) is 503 cm³/mol. The summed E-state index contributed by atoms with van der Waals surface area (Å²) in [6, 6.07) is 61.3. The Kier molecular flexibility index (Phi) is 26.7. The monoisotopic (exact) mass is 1760 g/mol. The number of H-pyrrole nitrogens is 1. The van der Waals surface area contributed by atoms with E-state index in [0.717, 1.165) is 139 Å². The van der Waals surface area contributed by atoms with Crippen LogP contribution < -0.4 is 35.8 Å². The Morgan fingerprint density at radius 3 is 1.40 bits per heavy atom. The summed E-state index contributed by atoms with van der Waals surface area (Å²) in [7, 11) is 6.43. The van der Waals surface area contributed by atoms with Gasteiger partial charge in [0.05, 0.1) is 40.2 Å². The molecule has 1 saturated heterocycles. The van der Waals surface area contributed by atoms with E-state index in [-0.39, 0.29) is 47.3 Å². The van der Waals surface area contributed by atoms with E-state index in [4.69, 9.17) is 49.0 Å². The maximum atomic E-state index is 13.8. The van der Waals surface area contributed by atoms with E-state index >= 15 is 0 Å². The van der Waals surface area contributed by atoms with Gasteiger partial charge in [-0.05, 0) is 226 Å². The highest BCUT2D eigenvalue weighted by atomic mass is 35.5. The number of hydrogen-bond donors (Lipinski definition) is 1. The van der Waals surface area contributed by atoms with Gasteiger partial charge in [-0.2, -0.15) is 0 Å². The summed E-state index contributed by atoms with van der Waals surface area (Å²) in [4.78, 5) is 72.8. The van der Waals surface area contributed by atoms with Crippen molar-refractivity contribution in [3.63, 3.8) is 0 Å². The van der Waals surface area contributed by atoms with Crippen molar-refractivity contribution in [3.05, 3.63) is 344 Å². The third-order valence-corrected chi connectivity index (χ3v) is 26.6. The van der Waals surface area contributed by atoms with Crippen molar-refractivity contribution in [3.8, 4) is 34.3 Å². The van der Waals surface area contributed by atoms with Crippen LogP contribution in [0.5, 0.6) is 17.2 Å². The van der Waals surface area contributed by atoms with Crippen LogP contribution >= 0.6 is 34.8 Å². The molecule has 7 aromatic heterocycles. The smallest absolute Gasteiger partial charge is 0.258 e. The molecular formula is C104H103Cl3F2N10O8. The van der Waals surface area contributed by atoms with Crippen LogP contribution in [-0.4, -0.2) is 93.3 Å². The molecule has 0 atom stereocenters. The van der Waals surface area contributed by atoms with Gasteiger partial charge in [-0.3, -0.25) is 42.6 Å². The molecule has 3 aliphatic carbocycles. The van der Waals surface area contributed by atoms with E-state index in [1.165, 1.54) is 179 Å². The van der Waals surface area contributed by atoms with Gasteiger partial charge in [0.2, 0.25) is 11.8 Å². The predicted octanol–water partition coefficient (Wildman–Crippen LogP) is 20.8. The molecule has 20 rings (SSSR count). The zero-order valence-corrected chi connectivity index (χ0v) is 74.3. The van der Waals surface area contributed by atoms with E-state index in [0.29, 0.717) is 40.4 Å². The molecule has 127 heavy (non-hydrogen) atoms. The SMILES string of the molecule is CC(=O)N1CCc2[nH]c3cc(-n4ccc(OCc5ccccc5)cc4=O)ccc3c2CC1.Cn1c2c(c3ccc(-n4ccc(OCc5ccc(Cl)cc5Cl)cc4=O)cc31)CCCCC2.Cn1c2c(c3ccc(-n4ccc(OCc5ccc(F)cc5F)cc4=O)cc31)CCCCC2.Cn1c2c(c3ccc(N4CCN(CCc5ccc(Cl)cc5)CC4=O)cc31)CCCCC2. The number of ether oxygens (including phenoxy) is 3. The number of aryl methyl sites for hydroxylation is 6. The fraction of sp³-hybridized carbons (Fsp3) is 0.298. The van der Waals surface area contributed by atoms with Gasteiger partial charge >= 0.3 is 0 Å². The fourth-order valence-corrected chi connectivity index (χ4v) is 19.5. The van der Waals surface area contributed by atoms with E-state index in [2.05, 4.69) is 105 Å². The molecule has 2 amide bonds. The first-order chi connectivity index (χ1) is 61.7. The first-order valence-corrected chi connectivity index (χ1v) is 45.3. The molecule has 0 bridgehead atoms. The minimum absolute atomic E-state index is 0.0869. The van der Waals surface area contributed by atoms with Crippen molar-refractivity contribution in [2.45, 2.75) is 142 Å². The molecule has 23 heteroatoms. The number of pyridine rings is 3. The van der Waals surface area contributed by atoms with Gasteiger partial charge < -0.3 is 42.7 Å². The topological polar surface area (TPSA) is 168 Å². The van der Waals surface area contributed by atoms with Crippen molar-refractivity contribution in [2.75, 3.05) is 44.2 Å². The summed E-state index contributed by atoms with van der Waals surface area (Å²) in [6.45, 7) is 6.71. The minimum Gasteiger partial charge on any atom is -0.489 e. The molecule has 8 aromatic carbocycles. The van der Waals surface area contributed by atoms with Gasteiger partial charge in [-0.15, -0.1) is 0 Å². The van der Waals surface area contributed by atoms with Crippen molar-refractivity contribution in [1.82, 2.24) is 42.2 Å². The van der Waals surface area contributed by atoms with Crippen LogP contribution in [0.15, 0.2) is 233 Å². The lowest BCUT2D eigenvalue weighted by Gasteiger charge is -2.34. The normalized spacial score (nSPS) is 14.7. The van der Waals surface area contributed by atoms with Crippen LogP contribution in [0.4, 0.5) is 14.5 Å². The van der Waals surface area contributed by atoms with Gasteiger partial charge in [0.1, 0.15) is 48.7 Å². The van der Waals surface area contributed by atoms with Crippen LogP contribution in [0.25, 0.3) is 60.7 Å². The Morgan fingerprint density at radius 1 is 0.417 bits per heavy atom. The van der Waals surface area contributed by atoms with Gasteiger partial charge in [0.25, 0.3) is 16.7 Å². The Bertz CT molecular complexity index is 6590. The molecule has 5 aliphatic rings. The second kappa shape index (κ2) is 39.0. The third-order valence-electron chi connectivity index (χ3n) is 25.8. The maximum absolute atomic E-state index is 13.8. The minimum atomic E-state index is -0.674. The summed E-state index contributed by atoms with van der Waals surface area (Å²) in [6.07, 6.45) is 25.9. The van der Waals surface area contributed by atoms with E-state index in [9.17, 15) is 32.8 Å². The number of anilines is 1. The number of fused-ring (bicyclic) bond motifs is 12. The summed E-state index contributed by atoms with van der Waals surface area (Å²) < 4.78 is 55.8. The molecule has 2 aliphatic heterocycles. The number of halogens is 5. The highest BCUT2D eigenvalue weighted by molar-refractivity contribution is 6.35. The Morgan fingerprint density at radius 2 is 0.890 bits per heavy atom. The lowest BCUT2D eigenvalue weighted by molar-refractivity contribution is -0.128. The van der Waals surface area contributed by atoms with Gasteiger partial charge in [-0.25, -0.2) is 8.78 Å². The number of hydrogen-bond acceptors (Lipinski definition) is 9. The molecule has 9 heterocycles. The van der Waals surface area contributed by atoms with Gasteiger partial charge in [0.15, 0.2) is 0 Å².